The number of aliphatic hydroxyl groups is 1. The lowest BCUT2D eigenvalue weighted by Crippen LogP contribution is -2.29. The molecule has 0 aliphatic heterocycles. The van der Waals surface area contributed by atoms with Gasteiger partial charge in [-0.05, 0) is 55.8 Å². The molecule has 0 spiro atoms. The zero-order chi connectivity index (χ0) is 20.5. The Kier molecular flexibility index (Phi) is 8.57. The minimum absolute atomic E-state index is 0.0435. The van der Waals surface area contributed by atoms with E-state index in [0.717, 1.165) is 5.56 Å². The number of aliphatic hydroxyl groups excluding tert-OH is 1. The minimum Gasteiger partial charge on any atom is -0.491 e. The molecule has 2 N–H and O–H groups in total. The first-order valence-corrected chi connectivity index (χ1v) is 9.37. The molecule has 0 amide bonds. The summed E-state index contributed by atoms with van der Waals surface area (Å²) < 4.78 is 16.5. The van der Waals surface area contributed by atoms with Crippen LogP contribution in [0.4, 0.5) is 0 Å². The average molecular weight is 409 g/mol. The normalized spacial score (nSPS) is 13.2. The van der Waals surface area contributed by atoms with E-state index < -0.39 is 18.2 Å². The standard InChI is InChI=1S/C21H25ClO6/c1-14(2)28-20(21(24)25)11-15-4-3-5-19(10-15)27-13-17(23)12-26-18-8-6-16(22)7-9-18/h3-10,14,17,20,23H,11-13H2,1-2H3,(H,24,25). The molecule has 152 valence electrons. The quantitative estimate of drug-likeness (QED) is 0.591. The number of carbonyl (C=O) groups is 1. The van der Waals surface area contributed by atoms with Gasteiger partial charge in [0.1, 0.15) is 30.8 Å². The number of benzene rings is 2. The van der Waals surface area contributed by atoms with Crippen LogP contribution in [0.15, 0.2) is 48.5 Å². The highest BCUT2D eigenvalue weighted by atomic mass is 35.5. The number of rotatable bonds is 11. The first kappa shape index (κ1) is 22.0. The van der Waals surface area contributed by atoms with Crippen molar-refractivity contribution in [2.75, 3.05) is 13.2 Å². The minimum atomic E-state index is -1.00. The molecule has 0 aromatic heterocycles. The molecule has 7 heteroatoms. The smallest absolute Gasteiger partial charge is 0.333 e. The van der Waals surface area contributed by atoms with Crippen molar-refractivity contribution in [3.8, 4) is 11.5 Å². The molecule has 0 saturated heterocycles. The molecule has 0 heterocycles. The molecular weight excluding hydrogens is 384 g/mol. The van der Waals surface area contributed by atoms with Gasteiger partial charge < -0.3 is 24.4 Å². The summed E-state index contributed by atoms with van der Waals surface area (Å²) >= 11 is 5.81. The van der Waals surface area contributed by atoms with E-state index in [4.69, 9.17) is 25.8 Å². The molecule has 0 aliphatic rings. The number of halogens is 1. The van der Waals surface area contributed by atoms with Crippen LogP contribution < -0.4 is 9.47 Å². The molecule has 0 aliphatic carbocycles. The lowest BCUT2D eigenvalue weighted by molar-refractivity contribution is -0.153. The number of hydrogen-bond donors (Lipinski definition) is 2. The molecular formula is C21H25ClO6. The van der Waals surface area contributed by atoms with Gasteiger partial charge in [-0.3, -0.25) is 0 Å². The van der Waals surface area contributed by atoms with Gasteiger partial charge in [-0.1, -0.05) is 23.7 Å². The number of carboxylic acids is 1. The first-order chi connectivity index (χ1) is 13.3. The van der Waals surface area contributed by atoms with Crippen LogP contribution in [-0.4, -0.2) is 47.7 Å². The maximum Gasteiger partial charge on any atom is 0.333 e. The molecule has 0 fully saturated rings. The zero-order valence-corrected chi connectivity index (χ0v) is 16.6. The highest BCUT2D eigenvalue weighted by Crippen LogP contribution is 2.18. The van der Waals surface area contributed by atoms with Gasteiger partial charge in [0, 0.05) is 11.4 Å². The molecule has 2 aromatic rings. The summed E-state index contributed by atoms with van der Waals surface area (Å²) in [5.41, 5.74) is 0.775. The van der Waals surface area contributed by atoms with Crippen molar-refractivity contribution in [2.45, 2.75) is 38.6 Å². The molecule has 0 bridgehead atoms. The Morgan fingerprint density at radius 3 is 2.29 bits per heavy atom. The van der Waals surface area contributed by atoms with E-state index in [-0.39, 0.29) is 25.7 Å². The van der Waals surface area contributed by atoms with Crippen LogP contribution in [0.5, 0.6) is 11.5 Å². The van der Waals surface area contributed by atoms with Gasteiger partial charge in [-0.15, -0.1) is 0 Å². The van der Waals surface area contributed by atoms with E-state index in [1.807, 2.05) is 6.07 Å². The van der Waals surface area contributed by atoms with Crippen LogP contribution in [0.1, 0.15) is 19.4 Å². The van der Waals surface area contributed by atoms with E-state index in [0.29, 0.717) is 16.5 Å². The predicted molar refractivity (Wildman–Crippen MR) is 106 cm³/mol. The monoisotopic (exact) mass is 408 g/mol. The average Bonchev–Trinajstić information content (AvgIpc) is 2.65. The van der Waals surface area contributed by atoms with Gasteiger partial charge in [0.05, 0.1) is 6.10 Å². The van der Waals surface area contributed by atoms with Gasteiger partial charge in [0.15, 0.2) is 6.10 Å². The summed E-state index contributed by atoms with van der Waals surface area (Å²) in [5.74, 6) is 0.141. The van der Waals surface area contributed by atoms with Crippen molar-refractivity contribution in [1.82, 2.24) is 0 Å². The van der Waals surface area contributed by atoms with Crippen molar-refractivity contribution in [1.29, 1.82) is 0 Å². The molecule has 2 aromatic carbocycles. The van der Waals surface area contributed by atoms with Crippen molar-refractivity contribution in [3.63, 3.8) is 0 Å². The third kappa shape index (κ3) is 7.76. The Morgan fingerprint density at radius 2 is 1.68 bits per heavy atom. The SMILES string of the molecule is CC(C)OC(Cc1cccc(OCC(O)COc2ccc(Cl)cc2)c1)C(=O)O. The van der Waals surface area contributed by atoms with Gasteiger partial charge in [-0.25, -0.2) is 4.79 Å². The van der Waals surface area contributed by atoms with E-state index in [1.54, 1.807) is 56.3 Å². The van der Waals surface area contributed by atoms with E-state index in [1.165, 1.54) is 0 Å². The summed E-state index contributed by atoms with van der Waals surface area (Å²) in [4.78, 5) is 11.3. The van der Waals surface area contributed by atoms with E-state index in [2.05, 4.69) is 0 Å². The van der Waals surface area contributed by atoms with E-state index in [9.17, 15) is 15.0 Å². The van der Waals surface area contributed by atoms with Crippen LogP contribution in [0, 0.1) is 0 Å². The lowest BCUT2D eigenvalue weighted by atomic mass is 10.1. The molecule has 2 rings (SSSR count). The van der Waals surface area contributed by atoms with Gasteiger partial charge in [0.2, 0.25) is 0 Å². The fourth-order valence-electron chi connectivity index (χ4n) is 2.46. The van der Waals surface area contributed by atoms with Crippen LogP contribution in [0.2, 0.25) is 5.02 Å². The van der Waals surface area contributed by atoms with Crippen LogP contribution in [0.3, 0.4) is 0 Å². The highest BCUT2D eigenvalue weighted by Gasteiger charge is 2.20. The fourth-order valence-corrected chi connectivity index (χ4v) is 2.59. The maximum absolute atomic E-state index is 11.3. The molecule has 0 radical (unpaired) electrons. The largest absolute Gasteiger partial charge is 0.491 e. The summed E-state index contributed by atoms with van der Waals surface area (Å²) in [6, 6.07) is 13.9. The maximum atomic E-state index is 11.3. The van der Waals surface area contributed by atoms with Gasteiger partial charge >= 0.3 is 5.97 Å². The zero-order valence-electron chi connectivity index (χ0n) is 15.9. The topological polar surface area (TPSA) is 85.2 Å². The molecule has 2 atom stereocenters. The van der Waals surface area contributed by atoms with E-state index >= 15 is 0 Å². The Balaban J connectivity index is 1.84. The van der Waals surface area contributed by atoms with Gasteiger partial charge in [0.25, 0.3) is 0 Å². The molecule has 6 nitrogen and oxygen atoms in total. The Labute approximate surface area is 169 Å². The first-order valence-electron chi connectivity index (χ1n) is 9.00. The summed E-state index contributed by atoms with van der Waals surface area (Å²) in [7, 11) is 0. The second-order valence-electron chi connectivity index (χ2n) is 6.59. The number of aliphatic carboxylic acids is 1. The second-order valence-corrected chi connectivity index (χ2v) is 7.03. The van der Waals surface area contributed by atoms with Gasteiger partial charge in [-0.2, -0.15) is 0 Å². The predicted octanol–water partition coefficient (Wildman–Crippen LogP) is 3.58. The summed E-state index contributed by atoms with van der Waals surface area (Å²) in [6.45, 7) is 3.71. The second kappa shape index (κ2) is 10.9. The Bertz CT molecular complexity index is 747. The Morgan fingerprint density at radius 1 is 1.04 bits per heavy atom. The van der Waals surface area contributed by atoms with Crippen molar-refractivity contribution in [2.24, 2.45) is 0 Å². The summed E-state index contributed by atoms with van der Waals surface area (Å²) in [6.07, 6.45) is -1.70. The van der Waals surface area contributed by atoms with Crippen molar-refractivity contribution in [3.05, 3.63) is 59.1 Å². The third-order valence-electron chi connectivity index (χ3n) is 3.73. The number of carboxylic acid groups (broad SMARTS) is 1. The fraction of sp³-hybridized carbons (Fsp3) is 0.381. The Hall–Kier alpha value is -2.28. The van der Waals surface area contributed by atoms with Crippen molar-refractivity contribution < 1.29 is 29.2 Å². The lowest BCUT2D eigenvalue weighted by Gasteiger charge is -2.17. The number of hydrogen-bond acceptors (Lipinski definition) is 5. The highest BCUT2D eigenvalue weighted by molar-refractivity contribution is 6.30. The van der Waals surface area contributed by atoms with Crippen LogP contribution in [0.25, 0.3) is 0 Å². The summed E-state index contributed by atoms with van der Waals surface area (Å²) in [5, 5.41) is 19.9. The van der Waals surface area contributed by atoms with Crippen LogP contribution in [-0.2, 0) is 16.0 Å². The van der Waals surface area contributed by atoms with Crippen molar-refractivity contribution >= 4 is 17.6 Å². The molecule has 2 unspecified atom stereocenters. The molecule has 28 heavy (non-hydrogen) atoms. The van der Waals surface area contributed by atoms with Crippen LogP contribution >= 0.6 is 11.6 Å². The molecule has 0 saturated carbocycles. The number of ether oxygens (including phenoxy) is 3. The third-order valence-corrected chi connectivity index (χ3v) is 3.98.